The molecule has 0 spiro atoms. The Morgan fingerprint density at radius 2 is 2.13 bits per heavy atom. The maximum absolute atomic E-state index is 13.0. The maximum Gasteiger partial charge on any atom is 0.322 e. The summed E-state index contributed by atoms with van der Waals surface area (Å²) in [5.41, 5.74) is 1.17. The summed E-state index contributed by atoms with van der Waals surface area (Å²) in [6.07, 6.45) is 1.69. The van der Waals surface area contributed by atoms with Gasteiger partial charge in [0, 0.05) is 23.9 Å². The number of furan rings is 1. The van der Waals surface area contributed by atoms with Gasteiger partial charge in [0.25, 0.3) is 11.8 Å². The molecule has 2 N–H and O–H groups in total. The Balaban J connectivity index is 1.72. The number of nitrogens with one attached hydrogen (secondary N) is 2. The molecule has 0 bridgehead atoms. The number of hydrogen-bond donors (Lipinski definition) is 2. The van der Waals surface area contributed by atoms with Gasteiger partial charge in [0.15, 0.2) is 5.54 Å². The average molecular weight is 422 g/mol. The molecule has 1 aromatic carbocycles. The van der Waals surface area contributed by atoms with Gasteiger partial charge in [-0.3, -0.25) is 19.9 Å². The van der Waals surface area contributed by atoms with Crippen molar-refractivity contribution in [2.45, 2.75) is 25.9 Å². The number of imide groups is 1. The van der Waals surface area contributed by atoms with Gasteiger partial charge in [-0.25, -0.2) is 4.79 Å². The van der Waals surface area contributed by atoms with Gasteiger partial charge in [-0.15, -0.1) is 0 Å². The number of carbonyl (C=O) groups excluding carboxylic acids is 3. The summed E-state index contributed by atoms with van der Waals surface area (Å²) in [7, 11) is 1.53. The van der Waals surface area contributed by atoms with Crippen LogP contribution in [0.2, 0.25) is 0 Å². The van der Waals surface area contributed by atoms with Crippen LogP contribution < -0.4 is 15.4 Å². The molecule has 2 aliphatic heterocycles. The van der Waals surface area contributed by atoms with E-state index in [0.29, 0.717) is 29.3 Å². The minimum absolute atomic E-state index is 0.0881. The van der Waals surface area contributed by atoms with Crippen LogP contribution in [0.15, 0.2) is 39.4 Å². The standard InChI is InChI=1S/C22H22N4O5/c1-12-7-18(31-17(12)8-13(2)23-3)22(20(28)24-21(29)25-22)11-26-10-14-5-6-15(30-4)9-16(14)19(26)27/h5-9H,3,10-11H2,1-2,4H3,(H2,24,25,28,29). The van der Waals surface area contributed by atoms with E-state index in [1.165, 1.54) is 12.0 Å². The second-order valence-corrected chi connectivity index (χ2v) is 7.60. The van der Waals surface area contributed by atoms with Gasteiger partial charge in [0.1, 0.15) is 17.3 Å². The summed E-state index contributed by atoms with van der Waals surface area (Å²) in [4.78, 5) is 43.4. The van der Waals surface area contributed by atoms with Crippen molar-refractivity contribution in [3.8, 4) is 5.75 Å². The number of amides is 4. The quantitative estimate of drug-likeness (QED) is 0.548. The highest BCUT2D eigenvalue weighted by Crippen LogP contribution is 2.34. The zero-order valence-corrected chi connectivity index (χ0v) is 17.4. The Morgan fingerprint density at radius 1 is 1.35 bits per heavy atom. The Hall–Kier alpha value is -3.88. The lowest BCUT2D eigenvalue weighted by Crippen LogP contribution is -2.52. The van der Waals surface area contributed by atoms with Crippen LogP contribution in [0.5, 0.6) is 5.75 Å². The third-order valence-electron chi connectivity index (χ3n) is 5.53. The van der Waals surface area contributed by atoms with Crippen molar-refractivity contribution in [1.29, 1.82) is 0 Å². The number of aliphatic imine (C=N–C) groups is 1. The molecule has 0 aliphatic carbocycles. The van der Waals surface area contributed by atoms with E-state index in [4.69, 9.17) is 9.15 Å². The molecular weight excluding hydrogens is 400 g/mol. The molecule has 9 nitrogen and oxygen atoms in total. The molecule has 2 aromatic rings. The first-order valence-corrected chi connectivity index (χ1v) is 9.63. The van der Waals surface area contributed by atoms with Crippen LogP contribution in [0, 0.1) is 6.92 Å². The lowest BCUT2D eigenvalue weighted by molar-refractivity contribution is -0.125. The fourth-order valence-corrected chi connectivity index (χ4v) is 3.82. The van der Waals surface area contributed by atoms with Crippen LogP contribution in [-0.4, -0.2) is 43.1 Å². The Bertz CT molecular complexity index is 1150. The molecule has 0 saturated carbocycles. The smallest absolute Gasteiger partial charge is 0.322 e. The molecule has 31 heavy (non-hydrogen) atoms. The second-order valence-electron chi connectivity index (χ2n) is 7.60. The molecule has 1 unspecified atom stereocenters. The normalized spacial score (nSPS) is 20.5. The van der Waals surface area contributed by atoms with Crippen molar-refractivity contribution in [1.82, 2.24) is 15.5 Å². The minimum atomic E-state index is -1.55. The highest BCUT2D eigenvalue weighted by atomic mass is 16.5. The minimum Gasteiger partial charge on any atom is -0.497 e. The summed E-state index contributed by atoms with van der Waals surface area (Å²) in [6.45, 7) is 7.28. The molecule has 1 aromatic heterocycles. The number of methoxy groups -OCH3 is 1. The first kappa shape index (κ1) is 20.4. The molecular formula is C22H22N4O5. The summed E-state index contributed by atoms with van der Waals surface area (Å²) < 4.78 is 11.2. The molecule has 4 rings (SSSR count). The summed E-state index contributed by atoms with van der Waals surface area (Å²) in [6, 6.07) is 6.30. The van der Waals surface area contributed by atoms with E-state index in [0.717, 1.165) is 11.1 Å². The highest BCUT2D eigenvalue weighted by Gasteiger charge is 2.53. The maximum atomic E-state index is 13.0. The van der Waals surface area contributed by atoms with Gasteiger partial charge in [-0.1, -0.05) is 6.07 Å². The largest absolute Gasteiger partial charge is 0.497 e. The van der Waals surface area contributed by atoms with Crippen molar-refractivity contribution in [2.24, 2.45) is 4.99 Å². The van der Waals surface area contributed by atoms with Gasteiger partial charge in [0.2, 0.25) is 0 Å². The van der Waals surface area contributed by atoms with E-state index in [-0.39, 0.29) is 18.2 Å². The Morgan fingerprint density at radius 3 is 2.77 bits per heavy atom. The van der Waals surface area contributed by atoms with Gasteiger partial charge < -0.3 is 19.4 Å². The number of rotatable bonds is 6. The van der Waals surface area contributed by atoms with Crippen LogP contribution in [0.3, 0.4) is 0 Å². The van der Waals surface area contributed by atoms with Crippen LogP contribution in [0.25, 0.3) is 6.08 Å². The average Bonchev–Trinajstić information content (AvgIpc) is 3.36. The van der Waals surface area contributed by atoms with Crippen molar-refractivity contribution in [2.75, 3.05) is 13.7 Å². The van der Waals surface area contributed by atoms with E-state index in [1.54, 1.807) is 31.2 Å². The zero-order valence-electron chi connectivity index (χ0n) is 17.4. The van der Waals surface area contributed by atoms with Crippen molar-refractivity contribution < 1.29 is 23.5 Å². The van der Waals surface area contributed by atoms with Crippen molar-refractivity contribution in [3.05, 3.63) is 58.2 Å². The van der Waals surface area contributed by atoms with E-state index >= 15 is 0 Å². The SMILES string of the molecule is C=NC(C)=Cc1oc(C2(CN3Cc4ccc(OC)cc4C3=O)NC(=O)NC2=O)cc1C. The van der Waals surface area contributed by atoms with Crippen LogP contribution in [0.4, 0.5) is 4.79 Å². The number of ether oxygens (including phenoxy) is 1. The molecule has 1 saturated heterocycles. The number of urea groups is 1. The van der Waals surface area contributed by atoms with E-state index in [1.807, 2.05) is 13.0 Å². The fourth-order valence-electron chi connectivity index (χ4n) is 3.82. The van der Waals surface area contributed by atoms with Gasteiger partial charge in [0.05, 0.1) is 13.7 Å². The van der Waals surface area contributed by atoms with Crippen molar-refractivity contribution in [3.63, 3.8) is 0 Å². The molecule has 2 aliphatic rings. The topological polar surface area (TPSA) is 113 Å². The number of nitrogens with zero attached hydrogens (tertiary/aromatic N) is 2. The van der Waals surface area contributed by atoms with Crippen LogP contribution >= 0.6 is 0 Å². The molecule has 1 fully saturated rings. The lowest BCUT2D eigenvalue weighted by atomic mass is 9.95. The van der Waals surface area contributed by atoms with Crippen molar-refractivity contribution >= 4 is 30.6 Å². The summed E-state index contributed by atoms with van der Waals surface area (Å²) >= 11 is 0. The number of hydrogen-bond acceptors (Lipinski definition) is 6. The molecule has 9 heteroatoms. The number of benzene rings is 1. The predicted octanol–water partition coefficient (Wildman–Crippen LogP) is 2.35. The lowest BCUT2D eigenvalue weighted by Gasteiger charge is -2.29. The van der Waals surface area contributed by atoms with Gasteiger partial charge >= 0.3 is 6.03 Å². The number of carbonyl (C=O) groups is 3. The summed E-state index contributed by atoms with van der Waals surface area (Å²) in [5.74, 6) is 0.464. The molecule has 160 valence electrons. The number of fused-ring (bicyclic) bond motifs is 1. The number of allylic oxidation sites excluding steroid dienone is 1. The first-order chi connectivity index (χ1) is 14.8. The first-order valence-electron chi connectivity index (χ1n) is 9.63. The predicted molar refractivity (Wildman–Crippen MR) is 113 cm³/mol. The summed E-state index contributed by atoms with van der Waals surface area (Å²) in [5, 5.41) is 4.93. The monoisotopic (exact) mass is 422 g/mol. The third-order valence-corrected chi connectivity index (χ3v) is 5.53. The van der Waals surface area contributed by atoms with E-state index in [2.05, 4.69) is 22.3 Å². The van der Waals surface area contributed by atoms with E-state index < -0.39 is 17.5 Å². The Labute approximate surface area is 178 Å². The number of aryl methyl sites for hydroxylation is 1. The molecule has 1 atom stereocenters. The fraction of sp³-hybridized carbons (Fsp3) is 0.273. The second kappa shape index (κ2) is 7.42. The zero-order chi connectivity index (χ0) is 22.3. The molecule has 3 heterocycles. The Kier molecular flexibility index (Phi) is 4.88. The van der Waals surface area contributed by atoms with Crippen LogP contribution in [0.1, 0.15) is 39.9 Å². The molecule has 4 amide bonds. The van der Waals surface area contributed by atoms with Gasteiger partial charge in [-0.05, 0) is 49.9 Å². The third kappa shape index (κ3) is 3.37. The molecule has 0 radical (unpaired) electrons. The van der Waals surface area contributed by atoms with Crippen LogP contribution in [-0.2, 0) is 16.9 Å². The van der Waals surface area contributed by atoms with Gasteiger partial charge in [-0.2, -0.15) is 0 Å². The highest BCUT2D eigenvalue weighted by molar-refractivity contribution is 6.08. The van der Waals surface area contributed by atoms with E-state index in [9.17, 15) is 14.4 Å².